The Morgan fingerprint density at radius 2 is 2.22 bits per heavy atom. The van der Waals surface area contributed by atoms with Crippen LogP contribution in [0.1, 0.15) is 30.9 Å². The summed E-state index contributed by atoms with van der Waals surface area (Å²) in [5.41, 5.74) is 1.24. The van der Waals surface area contributed by atoms with E-state index in [1.165, 1.54) is 5.56 Å². The first kappa shape index (κ1) is 15.2. The van der Waals surface area contributed by atoms with Gasteiger partial charge in [0.2, 0.25) is 0 Å². The van der Waals surface area contributed by atoms with Gasteiger partial charge in [0.05, 0.1) is 13.2 Å². The zero-order chi connectivity index (χ0) is 13.5. The van der Waals surface area contributed by atoms with Gasteiger partial charge in [-0.3, -0.25) is 4.90 Å². The van der Waals surface area contributed by atoms with E-state index >= 15 is 0 Å². The molecule has 0 aliphatic carbocycles. The van der Waals surface area contributed by atoms with Crippen LogP contribution in [-0.4, -0.2) is 38.3 Å². The van der Waals surface area contributed by atoms with Gasteiger partial charge in [-0.1, -0.05) is 6.92 Å². The molecular formula is C14H26N2O2. The maximum Gasteiger partial charge on any atom is 0.118 e. The molecule has 0 spiro atoms. The number of rotatable bonds is 8. The molecule has 1 aromatic heterocycles. The summed E-state index contributed by atoms with van der Waals surface area (Å²) >= 11 is 0. The number of ether oxygens (including phenoxy) is 1. The fourth-order valence-electron chi connectivity index (χ4n) is 2.16. The third-order valence-electron chi connectivity index (χ3n) is 3.24. The van der Waals surface area contributed by atoms with Crippen molar-refractivity contribution in [3.63, 3.8) is 0 Å². The molecule has 1 unspecified atom stereocenters. The fourth-order valence-corrected chi connectivity index (χ4v) is 2.16. The largest absolute Gasteiger partial charge is 0.465 e. The lowest BCUT2D eigenvalue weighted by atomic mass is 10.2. The van der Waals surface area contributed by atoms with Crippen LogP contribution in [0.3, 0.4) is 0 Å². The van der Waals surface area contributed by atoms with Crippen LogP contribution in [0.25, 0.3) is 0 Å². The summed E-state index contributed by atoms with van der Waals surface area (Å²) in [6.07, 6.45) is 0. The number of nitrogens with one attached hydrogen (secondary N) is 1. The molecule has 0 fully saturated rings. The van der Waals surface area contributed by atoms with Crippen LogP contribution in [-0.2, 0) is 17.8 Å². The van der Waals surface area contributed by atoms with Crippen molar-refractivity contribution in [2.45, 2.75) is 39.9 Å². The highest BCUT2D eigenvalue weighted by Crippen LogP contribution is 2.17. The summed E-state index contributed by atoms with van der Waals surface area (Å²) in [6, 6.07) is 2.55. The summed E-state index contributed by atoms with van der Waals surface area (Å²) in [5.74, 6) is 2.04. The quantitative estimate of drug-likeness (QED) is 0.771. The lowest BCUT2D eigenvalue weighted by molar-refractivity contribution is 0.0934. The van der Waals surface area contributed by atoms with Crippen molar-refractivity contribution in [2.24, 2.45) is 0 Å². The monoisotopic (exact) mass is 254 g/mol. The molecule has 0 aliphatic heterocycles. The third kappa shape index (κ3) is 4.12. The first-order valence-electron chi connectivity index (χ1n) is 6.58. The van der Waals surface area contributed by atoms with Crippen molar-refractivity contribution in [3.05, 3.63) is 23.2 Å². The van der Waals surface area contributed by atoms with Gasteiger partial charge in [-0.2, -0.15) is 0 Å². The highest BCUT2D eigenvalue weighted by atomic mass is 16.5. The maximum atomic E-state index is 5.81. The standard InChI is InChI=1S/C14H26N2O2/c1-6-16(11(2)10-17-5)9-14-7-13(8-15-4)12(3)18-14/h7,11,15H,6,8-10H2,1-5H3. The molecule has 0 aromatic carbocycles. The van der Waals surface area contributed by atoms with Gasteiger partial charge >= 0.3 is 0 Å². The first-order valence-corrected chi connectivity index (χ1v) is 6.58. The maximum absolute atomic E-state index is 5.81. The van der Waals surface area contributed by atoms with Crippen LogP contribution in [0.2, 0.25) is 0 Å². The average Bonchev–Trinajstić information content (AvgIpc) is 2.68. The molecule has 1 atom stereocenters. The van der Waals surface area contributed by atoms with Gasteiger partial charge in [-0.05, 0) is 33.5 Å². The molecule has 1 rings (SSSR count). The summed E-state index contributed by atoms with van der Waals surface area (Å²) in [5, 5.41) is 3.15. The molecule has 4 nitrogen and oxygen atoms in total. The van der Waals surface area contributed by atoms with E-state index in [1.807, 2.05) is 14.0 Å². The lowest BCUT2D eigenvalue weighted by Crippen LogP contribution is -2.35. The van der Waals surface area contributed by atoms with E-state index in [0.717, 1.165) is 37.8 Å². The van der Waals surface area contributed by atoms with E-state index in [4.69, 9.17) is 9.15 Å². The highest BCUT2D eigenvalue weighted by molar-refractivity contribution is 5.20. The second-order valence-corrected chi connectivity index (χ2v) is 4.69. The van der Waals surface area contributed by atoms with Gasteiger partial charge in [-0.15, -0.1) is 0 Å². The summed E-state index contributed by atoms with van der Waals surface area (Å²) in [4.78, 5) is 2.35. The van der Waals surface area contributed by atoms with Crippen molar-refractivity contribution in [2.75, 3.05) is 27.3 Å². The SMILES string of the molecule is CCN(Cc1cc(CNC)c(C)o1)C(C)COC. The third-order valence-corrected chi connectivity index (χ3v) is 3.24. The Bertz CT molecular complexity index is 350. The number of aryl methyl sites for hydroxylation is 1. The van der Waals surface area contributed by atoms with Gasteiger partial charge in [0.15, 0.2) is 0 Å². The number of hydrogen-bond donors (Lipinski definition) is 1. The van der Waals surface area contributed by atoms with E-state index in [1.54, 1.807) is 7.11 Å². The molecule has 18 heavy (non-hydrogen) atoms. The Morgan fingerprint density at radius 3 is 2.78 bits per heavy atom. The number of methoxy groups -OCH3 is 1. The molecule has 1 aromatic rings. The summed E-state index contributed by atoms with van der Waals surface area (Å²) < 4.78 is 11.0. The van der Waals surface area contributed by atoms with Gasteiger partial charge in [0.1, 0.15) is 11.5 Å². The Morgan fingerprint density at radius 1 is 1.50 bits per heavy atom. The molecule has 0 bridgehead atoms. The molecule has 0 saturated carbocycles. The molecule has 4 heteroatoms. The predicted octanol–water partition coefficient (Wildman–Crippen LogP) is 2.16. The van der Waals surface area contributed by atoms with Crippen molar-refractivity contribution in [1.82, 2.24) is 10.2 Å². The second kappa shape index (κ2) is 7.56. The molecule has 0 amide bonds. The van der Waals surface area contributed by atoms with Crippen LogP contribution in [0, 0.1) is 6.92 Å². The summed E-state index contributed by atoms with van der Waals surface area (Å²) in [7, 11) is 3.69. The van der Waals surface area contributed by atoms with Crippen LogP contribution >= 0.6 is 0 Å². The van der Waals surface area contributed by atoms with Crippen LogP contribution in [0.4, 0.5) is 0 Å². The second-order valence-electron chi connectivity index (χ2n) is 4.69. The molecular weight excluding hydrogens is 228 g/mol. The van der Waals surface area contributed by atoms with Gasteiger partial charge in [-0.25, -0.2) is 0 Å². The first-order chi connectivity index (χ1) is 8.62. The Kier molecular flexibility index (Phi) is 6.39. The predicted molar refractivity (Wildman–Crippen MR) is 73.6 cm³/mol. The topological polar surface area (TPSA) is 37.6 Å². The molecule has 0 saturated heterocycles. The average molecular weight is 254 g/mol. The minimum atomic E-state index is 0.401. The molecule has 1 N–H and O–H groups in total. The van der Waals surface area contributed by atoms with Gasteiger partial charge < -0.3 is 14.5 Å². The van der Waals surface area contributed by atoms with Crippen molar-refractivity contribution >= 4 is 0 Å². The van der Waals surface area contributed by atoms with E-state index in [-0.39, 0.29) is 0 Å². The number of likely N-dealkylation sites (N-methyl/N-ethyl adjacent to an activating group) is 1. The van der Waals surface area contributed by atoms with Crippen LogP contribution in [0.15, 0.2) is 10.5 Å². The number of furan rings is 1. The van der Waals surface area contributed by atoms with E-state index in [0.29, 0.717) is 6.04 Å². The van der Waals surface area contributed by atoms with Crippen LogP contribution in [0.5, 0.6) is 0 Å². The molecule has 0 radical (unpaired) electrons. The molecule has 0 aliphatic rings. The highest BCUT2D eigenvalue weighted by Gasteiger charge is 2.15. The Labute approximate surface area is 110 Å². The fraction of sp³-hybridized carbons (Fsp3) is 0.714. The zero-order valence-corrected chi connectivity index (χ0v) is 12.2. The van der Waals surface area contributed by atoms with Gasteiger partial charge in [0.25, 0.3) is 0 Å². The zero-order valence-electron chi connectivity index (χ0n) is 12.2. The van der Waals surface area contributed by atoms with Gasteiger partial charge in [0, 0.05) is 25.3 Å². The van der Waals surface area contributed by atoms with Crippen molar-refractivity contribution in [3.8, 4) is 0 Å². The Hall–Kier alpha value is -0.840. The number of hydrogen-bond acceptors (Lipinski definition) is 4. The molecule has 1 heterocycles. The number of nitrogens with zero attached hydrogens (tertiary/aromatic N) is 1. The van der Waals surface area contributed by atoms with E-state index < -0.39 is 0 Å². The van der Waals surface area contributed by atoms with E-state index in [2.05, 4.69) is 30.1 Å². The lowest BCUT2D eigenvalue weighted by Gasteiger charge is -2.26. The van der Waals surface area contributed by atoms with E-state index in [9.17, 15) is 0 Å². The smallest absolute Gasteiger partial charge is 0.118 e. The molecule has 104 valence electrons. The van der Waals surface area contributed by atoms with Crippen molar-refractivity contribution < 1.29 is 9.15 Å². The summed E-state index contributed by atoms with van der Waals surface area (Å²) in [6.45, 7) is 9.79. The minimum absolute atomic E-state index is 0.401. The normalized spacial score (nSPS) is 13.2. The minimum Gasteiger partial charge on any atom is -0.465 e. The Balaban J connectivity index is 2.66. The van der Waals surface area contributed by atoms with Crippen molar-refractivity contribution in [1.29, 1.82) is 0 Å². The van der Waals surface area contributed by atoms with Crippen LogP contribution < -0.4 is 5.32 Å².